The first-order chi connectivity index (χ1) is 12.8. The van der Waals surface area contributed by atoms with Gasteiger partial charge < -0.3 is 5.32 Å². The molecule has 2 aromatic carbocycles. The Morgan fingerprint density at radius 2 is 1.93 bits per heavy atom. The molecule has 3 aromatic rings. The molecule has 0 aliphatic heterocycles. The Labute approximate surface area is 158 Å². The Hall–Kier alpha value is -3.06. The van der Waals surface area contributed by atoms with Crippen molar-refractivity contribution >= 4 is 23.2 Å². The normalized spacial score (nSPS) is 11.9. The molecule has 0 bridgehead atoms. The molecule has 138 valence electrons. The highest BCUT2D eigenvalue weighted by Gasteiger charge is 2.19. The average molecular weight is 390 g/mol. The van der Waals surface area contributed by atoms with Crippen LogP contribution in [0.1, 0.15) is 13.0 Å². The third kappa shape index (κ3) is 4.20. The smallest absolute Gasteiger partial charge is 0.267 e. The maximum absolute atomic E-state index is 13.7. The minimum absolute atomic E-state index is 0.188. The zero-order valence-corrected chi connectivity index (χ0v) is 14.9. The monoisotopic (exact) mass is 389 g/mol. The van der Waals surface area contributed by atoms with E-state index in [1.165, 1.54) is 19.1 Å². The Kier molecular flexibility index (Phi) is 5.32. The standard InChI is InChI=1S/C19H14ClF2N3O2/c1-11(19(27)23-17-6-5-14(21)10-15(17)22)25-18(26)8-7-16(24-25)12-3-2-4-13(20)9-12/h2-11H,1H3,(H,23,27)/t11-/m1/s1. The molecule has 0 saturated carbocycles. The Bertz CT molecular complexity index is 1070. The Morgan fingerprint density at radius 1 is 1.15 bits per heavy atom. The lowest BCUT2D eigenvalue weighted by Crippen LogP contribution is -2.33. The molecule has 1 heterocycles. The summed E-state index contributed by atoms with van der Waals surface area (Å²) in [6.07, 6.45) is 0. The number of hydrogen-bond acceptors (Lipinski definition) is 3. The molecule has 5 nitrogen and oxygen atoms in total. The summed E-state index contributed by atoms with van der Waals surface area (Å²) in [6.45, 7) is 1.45. The summed E-state index contributed by atoms with van der Waals surface area (Å²) in [7, 11) is 0. The van der Waals surface area contributed by atoms with E-state index in [4.69, 9.17) is 11.6 Å². The van der Waals surface area contributed by atoms with E-state index in [0.29, 0.717) is 22.3 Å². The predicted octanol–water partition coefficient (Wildman–Crippen LogP) is 4.04. The number of hydrogen-bond donors (Lipinski definition) is 1. The van der Waals surface area contributed by atoms with E-state index in [0.717, 1.165) is 16.8 Å². The van der Waals surface area contributed by atoms with Crippen molar-refractivity contribution in [1.82, 2.24) is 9.78 Å². The summed E-state index contributed by atoms with van der Waals surface area (Å²) in [4.78, 5) is 24.6. The zero-order valence-electron chi connectivity index (χ0n) is 14.1. The van der Waals surface area contributed by atoms with Crippen LogP contribution in [-0.2, 0) is 4.79 Å². The van der Waals surface area contributed by atoms with Crippen LogP contribution in [0.25, 0.3) is 11.3 Å². The fourth-order valence-electron chi connectivity index (χ4n) is 2.44. The summed E-state index contributed by atoms with van der Waals surface area (Å²) in [6, 6.07) is 11.4. The van der Waals surface area contributed by atoms with Gasteiger partial charge in [0, 0.05) is 22.7 Å². The second-order valence-electron chi connectivity index (χ2n) is 5.80. The highest BCUT2D eigenvalue weighted by molar-refractivity contribution is 6.30. The Balaban J connectivity index is 1.89. The molecule has 0 radical (unpaired) electrons. The van der Waals surface area contributed by atoms with Crippen LogP contribution in [0.3, 0.4) is 0 Å². The van der Waals surface area contributed by atoms with Crippen molar-refractivity contribution in [1.29, 1.82) is 0 Å². The zero-order chi connectivity index (χ0) is 19.6. The minimum Gasteiger partial charge on any atom is -0.322 e. The van der Waals surface area contributed by atoms with E-state index in [1.807, 2.05) is 0 Å². The molecular weight excluding hydrogens is 376 g/mol. The van der Waals surface area contributed by atoms with Crippen LogP contribution >= 0.6 is 11.6 Å². The van der Waals surface area contributed by atoms with Gasteiger partial charge in [0.05, 0.1) is 11.4 Å². The highest BCUT2D eigenvalue weighted by atomic mass is 35.5. The van der Waals surface area contributed by atoms with Crippen LogP contribution in [0.15, 0.2) is 59.4 Å². The Morgan fingerprint density at radius 3 is 2.63 bits per heavy atom. The molecule has 0 aliphatic carbocycles. The average Bonchev–Trinajstić information content (AvgIpc) is 2.64. The number of carbonyl (C=O) groups excluding carboxylic acids is 1. The van der Waals surface area contributed by atoms with Gasteiger partial charge in [-0.25, -0.2) is 13.5 Å². The summed E-state index contributed by atoms with van der Waals surface area (Å²) >= 11 is 5.97. The molecule has 0 unspecified atom stereocenters. The number of rotatable bonds is 4. The minimum atomic E-state index is -1.03. The molecule has 8 heteroatoms. The van der Waals surface area contributed by atoms with Crippen molar-refractivity contribution < 1.29 is 13.6 Å². The van der Waals surface area contributed by atoms with Gasteiger partial charge in [-0.05, 0) is 37.3 Å². The maximum Gasteiger partial charge on any atom is 0.267 e. The number of amides is 1. The summed E-state index contributed by atoms with van der Waals surface area (Å²) in [5.74, 6) is -2.34. The first-order valence-corrected chi connectivity index (χ1v) is 8.34. The van der Waals surface area contributed by atoms with E-state index in [9.17, 15) is 18.4 Å². The molecule has 1 aromatic heterocycles. The molecular formula is C19H14ClF2N3O2. The number of carbonyl (C=O) groups is 1. The van der Waals surface area contributed by atoms with E-state index in [1.54, 1.807) is 24.3 Å². The van der Waals surface area contributed by atoms with E-state index >= 15 is 0 Å². The van der Waals surface area contributed by atoms with Gasteiger partial charge in [-0.15, -0.1) is 0 Å². The van der Waals surface area contributed by atoms with E-state index in [-0.39, 0.29) is 5.69 Å². The molecule has 0 fully saturated rings. The van der Waals surface area contributed by atoms with Gasteiger partial charge in [-0.1, -0.05) is 23.7 Å². The van der Waals surface area contributed by atoms with Gasteiger partial charge in [-0.3, -0.25) is 9.59 Å². The second kappa shape index (κ2) is 7.67. The number of nitrogens with zero attached hydrogens (tertiary/aromatic N) is 2. The molecule has 0 saturated heterocycles. The fourth-order valence-corrected chi connectivity index (χ4v) is 2.63. The van der Waals surface area contributed by atoms with Crippen LogP contribution in [0.2, 0.25) is 5.02 Å². The lowest BCUT2D eigenvalue weighted by Gasteiger charge is -2.15. The number of halogens is 3. The topological polar surface area (TPSA) is 64.0 Å². The third-order valence-corrected chi connectivity index (χ3v) is 4.12. The van der Waals surface area contributed by atoms with Crippen LogP contribution in [0, 0.1) is 11.6 Å². The quantitative estimate of drug-likeness (QED) is 0.732. The lowest BCUT2D eigenvalue weighted by molar-refractivity contribution is -0.119. The number of benzene rings is 2. The molecule has 27 heavy (non-hydrogen) atoms. The molecule has 3 rings (SSSR count). The molecule has 1 amide bonds. The molecule has 0 aliphatic rings. The van der Waals surface area contributed by atoms with Gasteiger partial charge >= 0.3 is 0 Å². The van der Waals surface area contributed by atoms with Crippen molar-refractivity contribution in [3.8, 4) is 11.3 Å². The number of anilines is 1. The third-order valence-electron chi connectivity index (χ3n) is 3.88. The first-order valence-electron chi connectivity index (χ1n) is 7.97. The highest BCUT2D eigenvalue weighted by Crippen LogP contribution is 2.21. The first kappa shape index (κ1) is 18.7. The van der Waals surface area contributed by atoms with Gasteiger partial charge in [0.2, 0.25) is 5.91 Å². The summed E-state index contributed by atoms with van der Waals surface area (Å²) < 4.78 is 27.7. The number of nitrogens with one attached hydrogen (secondary N) is 1. The van der Waals surface area contributed by atoms with Crippen LogP contribution in [-0.4, -0.2) is 15.7 Å². The summed E-state index contributed by atoms with van der Waals surface area (Å²) in [5.41, 5.74) is 0.438. The van der Waals surface area contributed by atoms with Crippen molar-refractivity contribution in [3.05, 3.63) is 81.6 Å². The van der Waals surface area contributed by atoms with Crippen LogP contribution < -0.4 is 10.9 Å². The SMILES string of the molecule is C[C@H](C(=O)Nc1ccc(F)cc1F)n1nc(-c2cccc(Cl)c2)ccc1=O. The molecule has 1 N–H and O–H groups in total. The van der Waals surface area contributed by atoms with Crippen molar-refractivity contribution in [2.75, 3.05) is 5.32 Å². The fraction of sp³-hybridized carbons (Fsp3) is 0.105. The van der Waals surface area contributed by atoms with Crippen molar-refractivity contribution in [2.24, 2.45) is 0 Å². The maximum atomic E-state index is 13.7. The van der Waals surface area contributed by atoms with Crippen molar-refractivity contribution in [3.63, 3.8) is 0 Å². The van der Waals surface area contributed by atoms with Gasteiger partial charge in [0.25, 0.3) is 5.56 Å². The summed E-state index contributed by atoms with van der Waals surface area (Å²) in [5, 5.41) is 7.05. The lowest BCUT2D eigenvalue weighted by atomic mass is 10.1. The van der Waals surface area contributed by atoms with Crippen molar-refractivity contribution in [2.45, 2.75) is 13.0 Å². The second-order valence-corrected chi connectivity index (χ2v) is 6.24. The largest absolute Gasteiger partial charge is 0.322 e. The van der Waals surface area contributed by atoms with Gasteiger partial charge in [-0.2, -0.15) is 5.10 Å². The van der Waals surface area contributed by atoms with Gasteiger partial charge in [0.1, 0.15) is 17.7 Å². The predicted molar refractivity (Wildman–Crippen MR) is 98.6 cm³/mol. The number of aromatic nitrogens is 2. The van der Waals surface area contributed by atoms with E-state index in [2.05, 4.69) is 10.4 Å². The van der Waals surface area contributed by atoms with Crippen LogP contribution in [0.4, 0.5) is 14.5 Å². The van der Waals surface area contributed by atoms with Crippen LogP contribution in [0.5, 0.6) is 0 Å². The molecule has 1 atom stereocenters. The van der Waals surface area contributed by atoms with E-state index < -0.39 is 29.1 Å². The van der Waals surface area contributed by atoms with Gasteiger partial charge in [0.15, 0.2) is 0 Å². The molecule has 0 spiro atoms.